The zero-order chi connectivity index (χ0) is 20.1. The van der Waals surface area contributed by atoms with Gasteiger partial charge < -0.3 is 14.8 Å². The number of ether oxygens (including phenoxy) is 1. The number of rotatable bonds is 4. The van der Waals surface area contributed by atoms with E-state index in [2.05, 4.69) is 4.98 Å². The maximum absolute atomic E-state index is 14.0. The molecule has 1 aliphatic rings. The lowest BCUT2D eigenvalue weighted by Gasteiger charge is -2.15. The third-order valence-corrected chi connectivity index (χ3v) is 5.78. The summed E-state index contributed by atoms with van der Waals surface area (Å²) in [5, 5.41) is 12.4. The van der Waals surface area contributed by atoms with E-state index in [0.717, 1.165) is 34.9 Å². The fourth-order valence-corrected chi connectivity index (χ4v) is 4.17. The first-order valence-corrected chi connectivity index (χ1v) is 9.88. The Bertz CT molecular complexity index is 1300. The van der Waals surface area contributed by atoms with Gasteiger partial charge >= 0.3 is 0 Å². The second-order valence-electron chi connectivity index (χ2n) is 7.34. The second kappa shape index (κ2) is 6.74. The number of imidazole rings is 1. The van der Waals surface area contributed by atoms with Gasteiger partial charge in [-0.05, 0) is 66.2 Å². The van der Waals surface area contributed by atoms with Crippen molar-refractivity contribution in [3.63, 3.8) is 0 Å². The smallest absolute Gasteiger partial charge is 0.182 e. The maximum atomic E-state index is 14.0. The van der Waals surface area contributed by atoms with Gasteiger partial charge in [-0.3, -0.25) is 4.57 Å². The summed E-state index contributed by atoms with van der Waals surface area (Å²) < 4.78 is 21.8. The monoisotopic (exact) mass is 406 g/mol. The third-order valence-electron chi connectivity index (χ3n) is 5.48. The number of hydrogen-bond acceptors (Lipinski definition) is 3. The van der Waals surface area contributed by atoms with Crippen LogP contribution in [0.15, 0.2) is 54.7 Å². The van der Waals surface area contributed by atoms with Crippen molar-refractivity contribution in [3.8, 4) is 28.4 Å². The van der Waals surface area contributed by atoms with Crippen molar-refractivity contribution in [2.45, 2.75) is 18.8 Å². The van der Waals surface area contributed by atoms with Gasteiger partial charge in [0.1, 0.15) is 17.3 Å². The summed E-state index contributed by atoms with van der Waals surface area (Å²) in [5.74, 6) is 0.949. The van der Waals surface area contributed by atoms with E-state index < -0.39 is 0 Å². The summed E-state index contributed by atoms with van der Waals surface area (Å²) >= 11 is 5.55. The van der Waals surface area contributed by atoms with E-state index in [4.69, 9.17) is 17.0 Å². The van der Waals surface area contributed by atoms with E-state index in [9.17, 15) is 9.50 Å². The predicted octanol–water partition coefficient (Wildman–Crippen LogP) is 6.09. The number of hydrogen-bond donors (Lipinski definition) is 2. The van der Waals surface area contributed by atoms with Gasteiger partial charge in [-0.1, -0.05) is 18.2 Å². The number of nitrogens with one attached hydrogen (secondary N) is 1. The molecule has 0 spiro atoms. The highest BCUT2D eigenvalue weighted by Gasteiger charge is 2.29. The number of nitrogens with zero attached hydrogens (tertiary/aromatic N) is 1. The van der Waals surface area contributed by atoms with Crippen molar-refractivity contribution in [1.29, 1.82) is 0 Å². The molecular weight excluding hydrogens is 387 g/mol. The first-order chi connectivity index (χ1) is 14.1. The summed E-state index contributed by atoms with van der Waals surface area (Å²) in [6, 6.07) is 14.1. The molecule has 0 atom stereocenters. The molecule has 2 N–H and O–H groups in total. The standard InChI is InChI=1S/C23H19FN2O2S/c1-28-22-11-21(27)18(10-17(22)14-5-6-14)20-12-25-23(29)26(20)19-4-2-3-13-7-8-15(24)9-16(13)19/h2-4,7-12,14,27H,5-6H2,1H3,(H,25,29). The highest BCUT2D eigenvalue weighted by Crippen LogP contribution is 2.48. The molecule has 1 aromatic heterocycles. The number of fused-ring (bicyclic) bond motifs is 1. The zero-order valence-corrected chi connectivity index (χ0v) is 16.6. The normalized spacial score (nSPS) is 13.7. The molecule has 5 rings (SSSR count). The number of H-pyrrole nitrogens is 1. The molecule has 0 amide bonds. The zero-order valence-electron chi connectivity index (χ0n) is 15.8. The molecule has 29 heavy (non-hydrogen) atoms. The lowest BCUT2D eigenvalue weighted by Crippen LogP contribution is -2.00. The molecule has 3 aromatic carbocycles. The summed E-state index contributed by atoms with van der Waals surface area (Å²) in [6.45, 7) is 0. The average molecular weight is 406 g/mol. The van der Waals surface area contributed by atoms with Gasteiger partial charge in [0.2, 0.25) is 0 Å². The second-order valence-corrected chi connectivity index (χ2v) is 7.73. The number of phenolic OH excluding ortho intramolecular Hbond substituents is 1. The fraction of sp³-hybridized carbons (Fsp3) is 0.174. The first-order valence-electron chi connectivity index (χ1n) is 9.47. The van der Waals surface area contributed by atoms with Crippen LogP contribution in [0.5, 0.6) is 11.5 Å². The molecule has 4 nitrogen and oxygen atoms in total. The average Bonchev–Trinajstić information content (AvgIpc) is 3.49. The number of aromatic nitrogens is 2. The van der Waals surface area contributed by atoms with Crippen LogP contribution in [0.1, 0.15) is 24.3 Å². The Morgan fingerprint density at radius 2 is 2.00 bits per heavy atom. The van der Waals surface area contributed by atoms with Crippen LogP contribution in [0.4, 0.5) is 4.39 Å². The molecule has 0 saturated heterocycles. The van der Waals surface area contributed by atoms with Crippen LogP contribution in [0.25, 0.3) is 27.7 Å². The number of aromatic amines is 1. The van der Waals surface area contributed by atoms with Crippen LogP contribution >= 0.6 is 12.2 Å². The van der Waals surface area contributed by atoms with Gasteiger partial charge in [-0.25, -0.2) is 4.39 Å². The largest absolute Gasteiger partial charge is 0.507 e. The fourth-order valence-electron chi connectivity index (χ4n) is 3.91. The van der Waals surface area contributed by atoms with Crippen molar-refractivity contribution in [1.82, 2.24) is 9.55 Å². The number of methoxy groups -OCH3 is 1. The molecule has 1 fully saturated rings. The molecule has 1 heterocycles. The van der Waals surface area contributed by atoms with Crippen LogP contribution in [-0.2, 0) is 0 Å². The minimum Gasteiger partial charge on any atom is -0.507 e. The molecule has 4 aromatic rings. The molecule has 1 aliphatic carbocycles. The minimum atomic E-state index is -0.308. The molecular formula is C23H19FN2O2S. The topological polar surface area (TPSA) is 50.2 Å². The Morgan fingerprint density at radius 3 is 2.76 bits per heavy atom. The van der Waals surface area contributed by atoms with E-state index in [-0.39, 0.29) is 11.6 Å². The Morgan fingerprint density at radius 1 is 1.17 bits per heavy atom. The van der Waals surface area contributed by atoms with Crippen LogP contribution < -0.4 is 4.74 Å². The SMILES string of the molecule is COc1cc(O)c(-c2c[nH]c(=S)n2-c2cccc3ccc(F)cc23)cc1C1CC1. The Balaban J connectivity index is 1.77. The van der Waals surface area contributed by atoms with Crippen LogP contribution in [0.2, 0.25) is 0 Å². The summed E-state index contributed by atoms with van der Waals surface area (Å²) in [7, 11) is 1.61. The molecule has 0 unspecified atom stereocenters. The van der Waals surface area contributed by atoms with Gasteiger partial charge in [0.05, 0.1) is 18.5 Å². The predicted molar refractivity (Wildman–Crippen MR) is 114 cm³/mol. The van der Waals surface area contributed by atoms with Crippen LogP contribution in [0.3, 0.4) is 0 Å². The number of benzene rings is 3. The maximum Gasteiger partial charge on any atom is 0.182 e. The highest BCUT2D eigenvalue weighted by atomic mass is 32.1. The lowest BCUT2D eigenvalue weighted by atomic mass is 10.0. The van der Waals surface area contributed by atoms with E-state index >= 15 is 0 Å². The number of phenols is 1. The van der Waals surface area contributed by atoms with Gasteiger partial charge in [0.15, 0.2) is 4.77 Å². The quantitative estimate of drug-likeness (QED) is 0.404. The Labute approximate surface area is 172 Å². The van der Waals surface area contributed by atoms with Crippen molar-refractivity contribution in [3.05, 3.63) is 70.9 Å². The van der Waals surface area contributed by atoms with Crippen molar-refractivity contribution >= 4 is 23.0 Å². The Kier molecular flexibility index (Phi) is 4.17. The molecule has 0 radical (unpaired) electrons. The van der Waals surface area contributed by atoms with E-state index in [1.165, 1.54) is 12.1 Å². The minimum absolute atomic E-state index is 0.111. The number of aromatic hydroxyl groups is 1. The molecule has 1 saturated carbocycles. The summed E-state index contributed by atoms with van der Waals surface area (Å²) in [4.78, 5) is 3.08. The van der Waals surface area contributed by atoms with Crippen molar-refractivity contribution in [2.75, 3.05) is 7.11 Å². The van der Waals surface area contributed by atoms with Crippen LogP contribution in [0, 0.1) is 10.6 Å². The highest BCUT2D eigenvalue weighted by molar-refractivity contribution is 7.71. The van der Waals surface area contributed by atoms with Gasteiger partial charge in [-0.2, -0.15) is 0 Å². The summed E-state index contributed by atoms with van der Waals surface area (Å²) in [6.07, 6.45) is 4.00. The van der Waals surface area contributed by atoms with E-state index in [1.54, 1.807) is 25.4 Å². The molecule has 0 aliphatic heterocycles. The molecule has 0 bridgehead atoms. The van der Waals surface area contributed by atoms with E-state index in [0.29, 0.717) is 27.7 Å². The Hall–Kier alpha value is -3.12. The summed E-state index contributed by atoms with van der Waals surface area (Å²) in [5.41, 5.74) is 3.22. The molecule has 146 valence electrons. The van der Waals surface area contributed by atoms with Gasteiger partial charge in [-0.15, -0.1) is 0 Å². The van der Waals surface area contributed by atoms with Crippen molar-refractivity contribution < 1.29 is 14.2 Å². The van der Waals surface area contributed by atoms with Crippen LogP contribution in [-0.4, -0.2) is 21.8 Å². The van der Waals surface area contributed by atoms with Gasteiger partial charge in [0, 0.05) is 23.2 Å². The first kappa shape index (κ1) is 17.9. The number of halogens is 1. The van der Waals surface area contributed by atoms with Gasteiger partial charge in [0.25, 0.3) is 0 Å². The lowest BCUT2D eigenvalue weighted by molar-refractivity contribution is 0.403. The molecule has 6 heteroatoms. The van der Waals surface area contributed by atoms with Crippen molar-refractivity contribution in [2.24, 2.45) is 0 Å². The third kappa shape index (κ3) is 3.00. The van der Waals surface area contributed by atoms with E-state index in [1.807, 2.05) is 28.8 Å².